The number of nitrogens with two attached hydrogens (primary N) is 1. The number of anilines is 1. The van der Waals surface area contributed by atoms with Crippen LogP contribution >= 0.6 is 11.3 Å². The molecule has 1 heterocycles. The van der Waals surface area contributed by atoms with E-state index in [-0.39, 0.29) is 5.78 Å². The van der Waals surface area contributed by atoms with Crippen molar-refractivity contribution < 1.29 is 4.79 Å². The van der Waals surface area contributed by atoms with Crippen LogP contribution in [-0.4, -0.2) is 10.8 Å². The lowest BCUT2D eigenvalue weighted by Gasteiger charge is -2.02. The van der Waals surface area contributed by atoms with Gasteiger partial charge in [0, 0.05) is 11.3 Å². The zero-order valence-electron chi connectivity index (χ0n) is 10.2. The smallest absolute Gasteiger partial charge is 0.171 e. The summed E-state index contributed by atoms with van der Waals surface area (Å²) in [6.45, 7) is 0. The van der Waals surface area contributed by atoms with Crippen molar-refractivity contribution in [2.45, 2.75) is 6.42 Å². The van der Waals surface area contributed by atoms with Gasteiger partial charge in [-0.1, -0.05) is 24.3 Å². The second-order valence-corrected chi connectivity index (χ2v) is 5.38. The Labute approximate surface area is 114 Å². The first-order valence-electron chi connectivity index (χ1n) is 5.96. The van der Waals surface area contributed by atoms with Gasteiger partial charge in [0.15, 0.2) is 5.78 Å². The van der Waals surface area contributed by atoms with Crippen LogP contribution in [0.2, 0.25) is 0 Å². The number of ketones is 1. The normalized spacial score (nSPS) is 10.7. The van der Waals surface area contributed by atoms with Gasteiger partial charge >= 0.3 is 0 Å². The molecule has 0 atom stereocenters. The third-order valence-corrected chi connectivity index (χ3v) is 3.95. The molecule has 3 nitrogen and oxygen atoms in total. The fourth-order valence-electron chi connectivity index (χ4n) is 1.98. The fraction of sp³-hybridized carbons (Fsp3) is 0.0667. The number of carbonyl (C=O) groups excluding carboxylic acids is 1. The summed E-state index contributed by atoms with van der Waals surface area (Å²) in [5.41, 5.74) is 7.85. The molecular formula is C15H12N2OS. The van der Waals surface area contributed by atoms with Crippen molar-refractivity contribution in [1.82, 2.24) is 4.98 Å². The molecule has 2 aromatic carbocycles. The van der Waals surface area contributed by atoms with Gasteiger partial charge in [-0.25, -0.2) is 4.98 Å². The van der Waals surface area contributed by atoms with E-state index in [0.29, 0.717) is 17.7 Å². The maximum absolute atomic E-state index is 12.2. The number of carbonyl (C=O) groups is 1. The Hall–Kier alpha value is -2.20. The second-order valence-electron chi connectivity index (χ2n) is 4.26. The Morgan fingerprint density at radius 1 is 1.11 bits per heavy atom. The highest BCUT2D eigenvalue weighted by Crippen LogP contribution is 2.23. The summed E-state index contributed by atoms with van der Waals surface area (Å²) < 4.78 is 1.10. The molecule has 0 bridgehead atoms. The lowest BCUT2D eigenvalue weighted by Crippen LogP contribution is -2.06. The van der Waals surface area contributed by atoms with E-state index in [2.05, 4.69) is 4.98 Å². The molecule has 0 fully saturated rings. The van der Waals surface area contributed by atoms with Gasteiger partial charge in [-0.05, 0) is 24.3 Å². The summed E-state index contributed by atoms with van der Waals surface area (Å²) in [6, 6.07) is 15.0. The molecule has 3 aromatic rings. The van der Waals surface area contributed by atoms with Crippen molar-refractivity contribution >= 4 is 33.0 Å². The number of Topliss-reactive ketones (excluding diaryl/α,β-unsaturated/α-hetero) is 1. The molecule has 94 valence electrons. The maximum atomic E-state index is 12.2. The predicted octanol–water partition coefficient (Wildman–Crippen LogP) is 3.30. The van der Waals surface area contributed by atoms with E-state index in [0.717, 1.165) is 15.2 Å². The van der Waals surface area contributed by atoms with Gasteiger partial charge < -0.3 is 5.73 Å². The van der Waals surface area contributed by atoms with Gasteiger partial charge in [0.25, 0.3) is 0 Å². The van der Waals surface area contributed by atoms with Crippen LogP contribution in [0.1, 0.15) is 15.4 Å². The molecule has 0 spiro atoms. The fourth-order valence-corrected chi connectivity index (χ4v) is 2.95. The minimum absolute atomic E-state index is 0.0113. The van der Waals surface area contributed by atoms with Gasteiger partial charge in [-0.15, -0.1) is 11.3 Å². The third kappa shape index (κ3) is 2.35. The number of nitrogen functional groups attached to an aromatic ring is 1. The zero-order chi connectivity index (χ0) is 13.2. The number of aromatic nitrogens is 1. The number of nitrogens with zero attached hydrogens (tertiary/aromatic N) is 1. The number of para-hydroxylation sites is 2. The van der Waals surface area contributed by atoms with E-state index in [1.54, 1.807) is 23.5 Å². The van der Waals surface area contributed by atoms with Crippen LogP contribution in [0.4, 0.5) is 5.69 Å². The highest BCUT2D eigenvalue weighted by Gasteiger charge is 2.12. The van der Waals surface area contributed by atoms with Crippen molar-refractivity contribution in [3.8, 4) is 0 Å². The molecule has 3 rings (SSSR count). The molecule has 19 heavy (non-hydrogen) atoms. The number of thiazole rings is 1. The summed E-state index contributed by atoms with van der Waals surface area (Å²) >= 11 is 1.55. The van der Waals surface area contributed by atoms with Crippen LogP contribution < -0.4 is 5.73 Å². The van der Waals surface area contributed by atoms with Crippen LogP contribution in [0.5, 0.6) is 0 Å². The van der Waals surface area contributed by atoms with Crippen molar-refractivity contribution in [2.24, 2.45) is 0 Å². The molecule has 0 unspecified atom stereocenters. The Morgan fingerprint density at radius 3 is 2.63 bits per heavy atom. The molecule has 0 radical (unpaired) electrons. The van der Waals surface area contributed by atoms with E-state index in [1.807, 2.05) is 36.4 Å². The van der Waals surface area contributed by atoms with Crippen LogP contribution in [0.25, 0.3) is 10.2 Å². The molecule has 0 saturated heterocycles. The van der Waals surface area contributed by atoms with Crippen molar-refractivity contribution in [3.05, 3.63) is 59.1 Å². The van der Waals surface area contributed by atoms with E-state index in [1.165, 1.54) is 0 Å². The van der Waals surface area contributed by atoms with Crippen LogP contribution in [-0.2, 0) is 6.42 Å². The molecule has 1 aromatic heterocycles. The predicted molar refractivity (Wildman–Crippen MR) is 78.5 cm³/mol. The summed E-state index contributed by atoms with van der Waals surface area (Å²) in [6.07, 6.45) is 0.299. The standard InChI is InChI=1S/C15H12N2OS/c16-11-6-2-1-5-10(11)13(18)9-15-17-12-7-3-4-8-14(12)19-15/h1-8H,9,16H2. The second kappa shape index (κ2) is 4.82. The Bertz CT molecular complexity index is 715. The van der Waals surface area contributed by atoms with Crippen molar-refractivity contribution in [1.29, 1.82) is 0 Å². The molecule has 0 aliphatic carbocycles. The largest absolute Gasteiger partial charge is 0.398 e. The quantitative estimate of drug-likeness (QED) is 0.585. The average Bonchev–Trinajstić information content (AvgIpc) is 2.81. The molecule has 4 heteroatoms. The number of benzene rings is 2. The van der Waals surface area contributed by atoms with E-state index >= 15 is 0 Å². The van der Waals surface area contributed by atoms with E-state index in [4.69, 9.17) is 5.73 Å². The molecule has 0 saturated carbocycles. The highest BCUT2D eigenvalue weighted by atomic mass is 32.1. The Morgan fingerprint density at radius 2 is 1.84 bits per heavy atom. The molecule has 0 aliphatic heterocycles. The van der Waals surface area contributed by atoms with Gasteiger partial charge in [-0.2, -0.15) is 0 Å². The molecule has 0 amide bonds. The molecule has 0 aliphatic rings. The van der Waals surface area contributed by atoms with E-state index < -0.39 is 0 Å². The summed E-state index contributed by atoms with van der Waals surface area (Å²) in [5.74, 6) is 0.0113. The monoisotopic (exact) mass is 268 g/mol. The number of fused-ring (bicyclic) bond motifs is 1. The number of hydrogen-bond donors (Lipinski definition) is 1. The van der Waals surface area contributed by atoms with Gasteiger partial charge in [0.1, 0.15) is 5.01 Å². The van der Waals surface area contributed by atoms with E-state index in [9.17, 15) is 4.79 Å². The summed E-state index contributed by atoms with van der Waals surface area (Å²) in [4.78, 5) is 16.7. The first-order chi connectivity index (χ1) is 9.24. The number of hydrogen-bond acceptors (Lipinski definition) is 4. The maximum Gasteiger partial charge on any atom is 0.171 e. The average molecular weight is 268 g/mol. The summed E-state index contributed by atoms with van der Waals surface area (Å²) in [5, 5.41) is 0.828. The Kier molecular flexibility index (Phi) is 3.01. The third-order valence-electron chi connectivity index (χ3n) is 2.91. The van der Waals surface area contributed by atoms with Crippen LogP contribution in [0, 0.1) is 0 Å². The minimum atomic E-state index is 0.0113. The Balaban J connectivity index is 1.89. The molecule has 2 N–H and O–H groups in total. The first-order valence-corrected chi connectivity index (χ1v) is 6.78. The SMILES string of the molecule is Nc1ccccc1C(=O)Cc1nc2ccccc2s1. The summed E-state index contributed by atoms with van der Waals surface area (Å²) in [7, 11) is 0. The topological polar surface area (TPSA) is 56.0 Å². The number of rotatable bonds is 3. The van der Waals surface area contributed by atoms with Crippen molar-refractivity contribution in [2.75, 3.05) is 5.73 Å². The lowest BCUT2D eigenvalue weighted by molar-refractivity contribution is 0.0994. The minimum Gasteiger partial charge on any atom is -0.398 e. The van der Waals surface area contributed by atoms with Gasteiger partial charge in [0.2, 0.25) is 0 Å². The van der Waals surface area contributed by atoms with Crippen LogP contribution in [0.15, 0.2) is 48.5 Å². The highest BCUT2D eigenvalue weighted by molar-refractivity contribution is 7.18. The van der Waals surface area contributed by atoms with Gasteiger partial charge in [-0.3, -0.25) is 4.79 Å². The zero-order valence-corrected chi connectivity index (χ0v) is 11.0. The van der Waals surface area contributed by atoms with Crippen LogP contribution in [0.3, 0.4) is 0 Å². The molecular weight excluding hydrogens is 256 g/mol. The lowest BCUT2D eigenvalue weighted by atomic mass is 10.1. The van der Waals surface area contributed by atoms with Gasteiger partial charge in [0.05, 0.1) is 16.6 Å². The van der Waals surface area contributed by atoms with Crippen molar-refractivity contribution in [3.63, 3.8) is 0 Å². The first kappa shape index (κ1) is 11.9.